The van der Waals surface area contributed by atoms with Gasteiger partial charge >= 0.3 is 36.6 Å². The minimum Gasteiger partial charge on any atom is -0.462 e. The van der Waals surface area contributed by atoms with Crippen LogP contribution >= 0.6 is 23.2 Å². The maximum absolute atomic E-state index is 11.5. The molecule has 3 atom stereocenters. The zero-order valence-electron chi connectivity index (χ0n) is 19.9. The lowest BCUT2D eigenvalue weighted by atomic mass is 10.3. The Bertz CT molecular complexity index is 705. The number of epoxide rings is 1. The molecule has 1 fully saturated rings. The molecule has 0 amide bonds. The molecular formula is C19H24Cl2F12O6. The van der Waals surface area contributed by atoms with E-state index in [-0.39, 0.29) is 19.3 Å². The van der Waals surface area contributed by atoms with Gasteiger partial charge in [-0.1, -0.05) is 11.6 Å². The number of alkyl halides is 14. The van der Waals surface area contributed by atoms with E-state index in [4.69, 9.17) is 28.3 Å². The van der Waals surface area contributed by atoms with Crippen LogP contribution in [0, 0.1) is 0 Å². The summed E-state index contributed by atoms with van der Waals surface area (Å²) in [7, 11) is 0. The Labute approximate surface area is 224 Å². The summed E-state index contributed by atoms with van der Waals surface area (Å²) in [6.07, 6.45) is -20.1. The number of carbonyl (C=O) groups excluding carboxylic acids is 2. The molecule has 0 bridgehead atoms. The molecule has 1 N–H and O–H groups in total. The highest BCUT2D eigenvalue weighted by atomic mass is 35.5. The number of allylic oxidation sites excluding steroid dienone is 1. The highest BCUT2D eigenvalue weighted by molar-refractivity contribution is 6.20. The Hall–Kier alpha value is -1.66. The van der Waals surface area contributed by atoms with Crippen LogP contribution in [-0.2, 0) is 23.8 Å². The quantitative estimate of drug-likeness (QED) is 0.110. The first-order valence-electron chi connectivity index (χ1n) is 10.0. The summed E-state index contributed by atoms with van der Waals surface area (Å²) in [5.41, 5.74) is -1.62. The molecule has 1 aliphatic rings. The molecule has 39 heavy (non-hydrogen) atoms. The Balaban J connectivity index is -0.000000446. The molecule has 0 aromatic rings. The van der Waals surface area contributed by atoms with Gasteiger partial charge in [-0.25, -0.2) is 0 Å². The number of rotatable bonds is 7. The highest BCUT2D eigenvalue weighted by Crippen LogP contribution is 2.28. The molecule has 234 valence electrons. The zero-order chi connectivity index (χ0) is 31.7. The number of esters is 2. The van der Waals surface area contributed by atoms with Crippen molar-refractivity contribution in [2.75, 3.05) is 19.8 Å². The molecule has 6 nitrogen and oxygen atoms in total. The maximum atomic E-state index is 11.5. The number of hydrogen-bond donors (Lipinski definition) is 1. The Morgan fingerprint density at radius 3 is 1.59 bits per heavy atom. The van der Waals surface area contributed by atoms with E-state index in [0.717, 1.165) is 19.9 Å². The Morgan fingerprint density at radius 2 is 1.36 bits per heavy atom. The van der Waals surface area contributed by atoms with Gasteiger partial charge in [-0.15, -0.1) is 11.6 Å². The van der Waals surface area contributed by atoms with E-state index < -0.39 is 79.6 Å². The van der Waals surface area contributed by atoms with Gasteiger partial charge in [0.15, 0.2) is 5.56 Å². The molecule has 0 saturated carbocycles. The van der Waals surface area contributed by atoms with E-state index in [1.165, 1.54) is 0 Å². The second kappa shape index (κ2) is 19.4. The second-order valence-electron chi connectivity index (χ2n) is 6.96. The summed E-state index contributed by atoms with van der Waals surface area (Å²) in [5.74, 6) is -1.42. The normalized spacial score (nSPS) is 16.8. The van der Waals surface area contributed by atoms with Crippen molar-refractivity contribution in [2.45, 2.75) is 74.9 Å². The van der Waals surface area contributed by atoms with Crippen molar-refractivity contribution in [3.8, 4) is 0 Å². The number of aliphatic hydroxyl groups excluding tert-OH is 1. The molecule has 0 spiro atoms. The SMILES string of the molecule is CC(=O)OC(Cl)CC(F)(F)F.CC(=O)OC/C=C/C(F)(F)F.FC(F)(F)CC1CO1.OCC(Cl)CC(F)(F)F. The van der Waals surface area contributed by atoms with Gasteiger partial charge < -0.3 is 19.3 Å². The molecule has 3 unspecified atom stereocenters. The van der Waals surface area contributed by atoms with Crippen molar-refractivity contribution in [1.29, 1.82) is 0 Å². The lowest BCUT2D eigenvalue weighted by Gasteiger charge is -2.11. The molecule has 0 radical (unpaired) electrons. The number of ether oxygens (including phenoxy) is 3. The number of carbonyl (C=O) groups is 2. The van der Waals surface area contributed by atoms with E-state index in [9.17, 15) is 62.3 Å². The van der Waals surface area contributed by atoms with Gasteiger partial charge in [0.1, 0.15) is 6.61 Å². The van der Waals surface area contributed by atoms with Crippen LogP contribution in [-0.4, -0.2) is 78.6 Å². The van der Waals surface area contributed by atoms with Gasteiger partial charge in [0, 0.05) is 19.9 Å². The summed E-state index contributed by atoms with van der Waals surface area (Å²) in [6, 6.07) is 0. The van der Waals surface area contributed by atoms with Crippen molar-refractivity contribution < 1.29 is 81.6 Å². The van der Waals surface area contributed by atoms with Crippen LogP contribution < -0.4 is 0 Å². The van der Waals surface area contributed by atoms with Crippen molar-refractivity contribution in [2.24, 2.45) is 0 Å². The van der Waals surface area contributed by atoms with Gasteiger partial charge in [0.25, 0.3) is 0 Å². The average molecular weight is 647 g/mol. The summed E-state index contributed by atoms with van der Waals surface area (Å²) in [4.78, 5) is 20.1. The lowest BCUT2D eigenvalue weighted by molar-refractivity contribution is -0.162. The van der Waals surface area contributed by atoms with Crippen LogP contribution in [0.2, 0.25) is 0 Å². The topological polar surface area (TPSA) is 85.4 Å². The fraction of sp³-hybridized carbons (Fsp3) is 0.789. The molecule has 1 heterocycles. The summed E-state index contributed by atoms with van der Waals surface area (Å²) < 4.78 is 149. The van der Waals surface area contributed by atoms with Gasteiger partial charge in [-0.05, 0) is 6.08 Å². The molecule has 1 rings (SSSR count). The minimum absolute atomic E-state index is 0.0238. The number of halogens is 14. The second-order valence-corrected chi connectivity index (χ2v) is 8.06. The van der Waals surface area contributed by atoms with E-state index in [0.29, 0.717) is 0 Å². The van der Waals surface area contributed by atoms with Gasteiger partial charge in [-0.3, -0.25) is 9.59 Å². The van der Waals surface area contributed by atoms with E-state index >= 15 is 0 Å². The number of aliphatic hydroxyl groups is 1. The first kappa shape index (κ1) is 41.8. The van der Waals surface area contributed by atoms with Crippen LogP contribution in [0.1, 0.15) is 33.1 Å². The maximum Gasteiger partial charge on any atom is 0.409 e. The number of hydrogen-bond acceptors (Lipinski definition) is 6. The third-order valence-corrected chi connectivity index (χ3v) is 3.42. The smallest absolute Gasteiger partial charge is 0.409 e. The predicted molar refractivity (Wildman–Crippen MR) is 112 cm³/mol. The molecule has 0 aromatic carbocycles. The Morgan fingerprint density at radius 1 is 0.897 bits per heavy atom. The van der Waals surface area contributed by atoms with Gasteiger partial charge in [-0.2, -0.15) is 52.7 Å². The van der Waals surface area contributed by atoms with E-state index in [1.54, 1.807) is 0 Å². The fourth-order valence-electron chi connectivity index (χ4n) is 1.51. The predicted octanol–water partition coefficient (Wildman–Crippen LogP) is 6.61. The largest absolute Gasteiger partial charge is 0.462 e. The van der Waals surface area contributed by atoms with Crippen LogP contribution in [0.5, 0.6) is 0 Å². The monoisotopic (exact) mass is 646 g/mol. The van der Waals surface area contributed by atoms with Crippen LogP contribution in [0.15, 0.2) is 12.2 Å². The molecule has 1 saturated heterocycles. The van der Waals surface area contributed by atoms with Crippen molar-refractivity contribution in [3.63, 3.8) is 0 Å². The first-order chi connectivity index (χ1) is 17.3. The van der Waals surface area contributed by atoms with Crippen molar-refractivity contribution in [1.82, 2.24) is 0 Å². The van der Waals surface area contributed by atoms with Crippen LogP contribution in [0.4, 0.5) is 52.7 Å². The average Bonchev–Trinajstić information content (AvgIpc) is 3.44. The van der Waals surface area contributed by atoms with Gasteiger partial charge in [0.05, 0.1) is 44.0 Å². The van der Waals surface area contributed by atoms with Crippen LogP contribution in [0.3, 0.4) is 0 Å². The third kappa shape index (κ3) is 46.6. The van der Waals surface area contributed by atoms with Crippen LogP contribution in [0.25, 0.3) is 0 Å². The first-order valence-corrected chi connectivity index (χ1v) is 10.9. The molecule has 0 aromatic heterocycles. The lowest BCUT2D eigenvalue weighted by Crippen LogP contribution is -2.19. The molecule has 20 heteroatoms. The third-order valence-electron chi connectivity index (χ3n) is 2.89. The van der Waals surface area contributed by atoms with Crippen molar-refractivity contribution >= 4 is 35.1 Å². The summed E-state index contributed by atoms with van der Waals surface area (Å²) in [6.45, 7) is 1.42. The molecule has 0 aliphatic carbocycles. The van der Waals surface area contributed by atoms with E-state index in [1.807, 2.05) is 0 Å². The fourth-order valence-corrected chi connectivity index (χ4v) is 1.99. The Kier molecular flexibility index (Phi) is 20.8. The van der Waals surface area contributed by atoms with E-state index in [2.05, 4.69) is 14.2 Å². The summed E-state index contributed by atoms with van der Waals surface area (Å²) >= 11 is 9.98. The highest BCUT2D eigenvalue weighted by Gasteiger charge is 2.38. The standard InChI is InChI=1S/C6H7F3O2.C5H6ClF3O2.C4H6ClF3O.C4H5F3O/c1-5(10)11-4-2-3-6(7,8)9;1-3(10)11-4(6)2-5(7,8)9;5-3(2-9)1-4(6,7)8;5-4(6,7)1-3-2-8-3/h2-3H,4H2,1H3;4H,2H2,1H3;3,9H,1-2H2;3H,1-2H2/b3-2+;;;. The zero-order valence-corrected chi connectivity index (χ0v) is 21.4. The van der Waals surface area contributed by atoms with Crippen molar-refractivity contribution in [3.05, 3.63) is 12.2 Å². The molecular weight excluding hydrogens is 623 g/mol. The summed E-state index contributed by atoms with van der Waals surface area (Å²) in [5, 5.41) is 6.86. The minimum atomic E-state index is -4.40. The molecule has 1 aliphatic heterocycles. The van der Waals surface area contributed by atoms with Gasteiger partial charge in [0.2, 0.25) is 0 Å².